The van der Waals surface area contributed by atoms with Crippen LogP contribution in [-0.4, -0.2) is 29.4 Å². The van der Waals surface area contributed by atoms with Gasteiger partial charge < -0.3 is 15.1 Å². The minimum atomic E-state index is -0.532. The second kappa shape index (κ2) is 4.14. The van der Waals surface area contributed by atoms with Crippen LogP contribution in [0.25, 0.3) is 0 Å². The van der Waals surface area contributed by atoms with Gasteiger partial charge >= 0.3 is 0 Å². The van der Waals surface area contributed by atoms with Gasteiger partial charge in [-0.05, 0) is 6.92 Å². The van der Waals surface area contributed by atoms with E-state index in [1.54, 1.807) is 6.92 Å². The Labute approximate surface area is 53.8 Å². The SMILES string of the molecule is CO/C(C[C@H](C)O)=N/O. The molecule has 0 radical (unpaired) electrons. The van der Waals surface area contributed by atoms with E-state index >= 15 is 0 Å². The lowest BCUT2D eigenvalue weighted by molar-refractivity contribution is 0.188. The summed E-state index contributed by atoms with van der Waals surface area (Å²) in [6.07, 6.45) is -0.289. The number of nitrogens with zero attached hydrogens (tertiary/aromatic N) is 1. The Bertz CT molecular complexity index is 100. The van der Waals surface area contributed by atoms with Crippen molar-refractivity contribution in [3.05, 3.63) is 0 Å². The zero-order valence-electron chi connectivity index (χ0n) is 5.53. The maximum Gasteiger partial charge on any atom is 0.227 e. The molecule has 4 heteroatoms. The first-order valence-corrected chi connectivity index (χ1v) is 2.63. The Morgan fingerprint density at radius 3 is 2.44 bits per heavy atom. The van der Waals surface area contributed by atoms with Crippen LogP contribution in [0.4, 0.5) is 0 Å². The van der Waals surface area contributed by atoms with Gasteiger partial charge in [0.25, 0.3) is 0 Å². The Morgan fingerprint density at radius 1 is 1.78 bits per heavy atom. The fourth-order valence-corrected chi connectivity index (χ4v) is 0.418. The zero-order chi connectivity index (χ0) is 7.28. The van der Waals surface area contributed by atoms with Gasteiger partial charge in [0.2, 0.25) is 5.90 Å². The smallest absolute Gasteiger partial charge is 0.227 e. The highest BCUT2D eigenvalue weighted by atomic mass is 16.5. The van der Waals surface area contributed by atoms with Crippen LogP contribution in [0.3, 0.4) is 0 Å². The fourth-order valence-electron chi connectivity index (χ4n) is 0.418. The van der Waals surface area contributed by atoms with Gasteiger partial charge in [-0.2, -0.15) is 0 Å². The number of hydrogen-bond acceptors (Lipinski definition) is 4. The number of aliphatic hydroxyl groups excluding tert-OH is 1. The lowest BCUT2D eigenvalue weighted by Crippen LogP contribution is -2.10. The third-order valence-electron chi connectivity index (χ3n) is 0.817. The second-order valence-electron chi connectivity index (χ2n) is 1.75. The zero-order valence-corrected chi connectivity index (χ0v) is 5.53. The first kappa shape index (κ1) is 8.23. The number of oxime groups is 1. The molecule has 0 unspecified atom stereocenters. The van der Waals surface area contributed by atoms with Gasteiger partial charge in [0, 0.05) is 0 Å². The molecule has 0 rings (SSSR count). The molecule has 0 heterocycles. The summed E-state index contributed by atoms with van der Waals surface area (Å²) in [5.74, 6) is 0.144. The van der Waals surface area contributed by atoms with E-state index in [1.807, 2.05) is 0 Å². The summed E-state index contributed by atoms with van der Waals surface area (Å²) in [7, 11) is 1.39. The van der Waals surface area contributed by atoms with Gasteiger partial charge in [-0.1, -0.05) is 5.16 Å². The van der Waals surface area contributed by atoms with Crippen LogP contribution in [-0.2, 0) is 4.74 Å². The van der Waals surface area contributed by atoms with E-state index in [4.69, 9.17) is 10.3 Å². The number of ether oxygens (including phenoxy) is 1. The quantitative estimate of drug-likeness (QED) is 0.244. The predicted molar refractivity (Wildman–Crippen MR) is 32.5 cm³/mol. The van der Waals surface area contributed by atoms with E-state index in [0.29, 0.717) is 0 Å². The molecule has 0 fully saturated rings. The summed E-state index contributed by atoms with van der Waals surface area (Å²) in [6.45, 7) is 1.59. The van der Waals surface area contributed by atoms with Crippen molar-refractivity contribution in [3.8, 4) is 0 Å². The van der Waals surface area contributed by atoms with Crippen LogP contribution in [0, 0.1) is 0 Å². The normalized spacial score (nSPS) is 15.2. The molecule has 0 saturated carbocycles. The van der Waals surface area contributed by atoms with Crippen LogP contribution in [0.5, 0.6) is 0 Å². The van der Waals surface area contributed by atoms with Crippen molar-refractivity contribution in [1.29, 1.82) is 0 Å². The van der Waals surface area contributed by atoms with Crippen LogP contribution < -0.4 is 0 Å². The Balaban J connectivity index is 3.58. The van der Waals surface area contributed by atoms with Gasteiger partial charge in [-0.25, -0.2) is 0 Å². The molecule has 4 nitrogen and oxygen atoms in total. The molecule has 0 aromatic rings. The first-order chi connectivity index (χ1) is 4.20. The molecular formula is C5H11NO3. The first-order valence-electron chi connectivity index (χ1n) is 2.63. The molecule has 0 saturated heterocycles. The fraction of sp³-hybridized carbons (Fsp3) is 0.800. The third-order valence-corrected chi connectivity index (χ3v) is 0.817. The van der Waals surface area contributed by atoms with E-state index in [0.717, 1.165) is 0 Å². The topological polar surface area (TPSA) is 62.0 Å². The lowest BCUT2D eigenvalue weighted by atomic mass is 10.3. The lowest BCUT2D eigenvalue weighted by Gasteiger charge is -2.03. The summed E-state index contributed by atoms with van der Waals surface area (Å²) in [5, 5.41) is 19.6. The van der Waals surface area contributed by atoms with E-state index < -0.39 is 6.10 Å². The molecule has 0 spiro atoms. The summed E-state index contributed by atoms with van der Waals surface area (Å²) in [4.78, 5) is 0. The third kappa shape index (κ3) is 3.78. The minimum absolute atomic E-state index is 0.144. The number of rotatable bonds is 2. The average molecular weight is 133 g/mol. The average Bonchev–Trinajstić information content (AvgIpc) is 1.82. The van der Waals surface area contributed by atoms with Crippen LogP contribution in [0.15, 0.2) is 5.16 Å². The largest absolute Gasteiger partial charge is 0.482 e. The highest BCUT2D eigenvalue weighted by Crippen LogP contribution is 1.92. The molecular weight excluding hydrogens is 122 g/mol. The minimum Gasteiger partial charge on any atom is -0.482 e. The van der Waals surface area contributed by atoms with Crippen LogP contribution >= 0.6 is 0 Å². The molecule has 2 N–H and O–H groups in total. The summed E-state index contributed by atoms with van der Waals surface area (Å²) in [6, 6.07) is 0. The van der Waals surface area contributed by atoms with Crippen LogP contribution in [0.2, 0.25) is 0 Å². The van der Waals surface area contributed by atoms with Gasteiger partial charge in [0.15, 0.2) is 0 Å². The molecule has 54 valence electrons. The Kier molecular flexibility index (Phi) is 3.79. The second-order valence-corrected chi connectivity index (χ2v) is 1.75. The molecule has 1 atom stereocenters. The van der Waals surface area contributed by atoms with E-state index in [9.17, 15) is 0 Å². The molecule has 0 amide bonds. The maximum atomic E-state index is 8.71. The van der Waals surface area contributed by atoms with Crippen molar-refractivity contribution in [2.45, 2.75) is 19.4 Å². The van der Waals surface area contributed by atoms with Crippen LogP contribution in [0.1, 0.15) is 13.3 Å². The highest BCUT2D eigenvalue weighted by molar-refractivity contribution is 5.75. The molecule has 0 aliphatic carbocycles. The van der Waals surface area contributed by atoms with Crippen molar-refractivity contribution in [2.24, 2.45) is 5.16 Å². The standard InChI is InChI=1S/C5H11NO3/c1-4(7)3-5(6-8)9-2/h4,7-8H,3H2,1-2H3/b6-5+/t4-/m0/s1. The Hall–Kier alpha value is -0.770. The van der Waals surface area contributed by atoms with Crippen molar-refractivity contribution >= 4 is 5.90 Å². The molecule has 9 heavy (non-hydrogen) atoms. The predicted octanol–water partition coefficient (Wildman–Crippen LogP) is 0.191. The monoisotopic (exact) mass is 133 g/mol. The van der Waals surface area contributed by atoms with Gasteiger partial charge in [-0.3, -0.25) is 0 Å². The summed E-state index contributed by atoms with van der Waals surface area (Å²) < 4.78 is 4.55. The van der Waals surface area contributed by atoms with E-state index in [-0.39, 0.29) is 12.3 Å². The van der Waals surface area contributed by atoms with Gasteiger partial charge in [0.05, 0.1) is 19.6 Å². The van der Waals surface area contributed by atoms with Crippen molar-refractivity contribution < 1.29 is 15.1 Å². The molecule has 0 aromatic heterocycles. The van der Waals surface area contributed by atoms with E-state index in [2.05, 4.69) is 9.89 Å². The van der Waals surface area contributed by atoms with E-state index in [1.165, 1.54) is 7.11 Å². The summed E-state index contributed by atoms with van der Waals surface area (Å²) in [5.41, 5.74) is 0. The maximum absolute atomic E-state index is 8.71. The highest BCUT2D eigenvalue weighted by Gasteiger charge is 2.02. The molecule has 0 bridgehead atoms. The Morgan fingerprint density at radius 2 is 2.33 bits per heavy atom. The number of methoxy groups -OCH3 is 1. The van der Waals surface area contributed by atoms with Gasteiger partial charge in [-0.15, -0.1) is 0 Å². The van der Waals surface area contributed by atoms with Crippen molar-refractivity contribution in [3.63, 3.8) is 0 Å². The molecule has 0 aromatic carbocycles. The number of hydrogen-bond donors (Lipinski definition) is 2. The molecule has 0 aliphatic heterocycles. The van der Waals surface area contributed by atoms with Crippen molar-refractivity contribution in [1.82, 2.24) is 0 Å². The summed E-state index contributed by atoms with van der Waals surface area (Å²) >= 11 is 0. The number of aliphatic hydroxyl groups is 1. The van der Waals surface area contributed by atoms with Crippen molar-refractivity contribution in [2.75, 3.05) is 7.11 Å². The van der Waals surface area contributed by atoms with Gasteiger partial charge in [0.1, 0.15) is 0 Å². The molecule has 0 aliphatic rings.